The van der Waals surface area contributed by atoms with E-state index in [1.54, 1.807) is 18.2 Å². The van der Waals surface area contributed by atoms with Crippen LogP contribution in [-0.4, -0.2) is 17.2 Å². The van der Waals surface area contributed by atoms with E-state index in [1.807, 2.05) is 36.4 Å². The van der Waals surface area contributed by atoms with Crippen LogP contribution >= 0.6 is 0 Å². The van der Waals surface area contributed by atoms with E-state index in [-0.39, 0.29) is 0 Å². The molecule has 1 aliphatic carbocycles. The molecule has 4 nitrogen and oxygen atoms in total. The third-order valence-electron chi connectivity index (χ3n) is 3.24. The average molecular weight is 253 g/mol. The molecule has 2 amide bonds. The number of allylic oxidation sites excluding steroid dienone is 3. The number of carbonyl (C=O) groups is 1. The van der Waals surface area contributed by atoms with Crippen LogP contribution in [0.15, 0.2) is 59.8 Å². The van der Waals surface area contributed by atoms with Crippen LogP contribution in [0, 0.1) is 0 Å². The Balaban J connectivity index is 2.44. The van der Waals surface area contributed by atoms with Gasteiger partial charge in [-0.05, 0) is 12.1 Å². The predicted molar refractivity (Wildman–Crippen MR) is 72.3 cm³/mol. The van der Waals surface area contributed by atoms with E-state index in [2.05, 4.69) is 0 Å². The maximum atomic E-state index is 11.8. The number of benzene rings is 1. The Kier molecular flexibility index (Phi) is 2.65. The fourth-order valence-corrected chi connectivity index (χ4v) is 2.37. The van der Waals surface area contributed by atoms with Gasteiger partial charge in [-0.1, -0.05) is 42.5 Å². The van der Waals surface area contributed by atoms with Gasteiger partial charge in [0.15, 0.2) is 0 Å². The molecule has 0 bridgehead atoms. The number of aliphatic hydroxyl groups excluding tert-OH is 1. The number of hydrogen-bond donors (Lipinski definition) is 2. The minimum atomic E-state index is -0.729. The number of aliphatic hydroxyl groups is 1. The van der Waals surface area contributed by atoms with Gasteiger partial charge >= 0.3 is 6.03 Å². The van der Waals surface area contributed by atoms with Crippen LogP contribution in [0.5, 0.6) is 0 Å². The van der Waals surface area contributed by atoms with Crippen LogP contribution in [0.4, 0.5) is 4.79 Å². The molecule has 3 N–H and O–H groups in total. The number of urea groups is 1. The normalized spacial score (nSPS) is 20.5. The van der Waals surface area contributed by atoms with Crippen molar-refractivity contribution in [1.29, 1.82) is 0 Å². The lowest BCUT2D eigenvalue weighted by molar-refractivity contribution is 0.243. The molecule has 1 unspecified atom stereocenters. The number of amides is 2. The zero-order valence-electron chi connectivity index (χ0n) is 10.2. The standard InChI is InChI=1S/C15H12N2O2/c16-15(19)17-12-5-2-1-4-10(12)8-9-11-13(17)6-3-7-14(11)18/h1-9,14,18H,(H-,16,19)/p+1. The highest BCUT2D eigenvalue weighted by molar-refractivity contribution is 5.78. The Labute approximate surface area is 109 Å². The molecule has 1 atom stereocenters. The summed E-state index contributed by atoms with van der Waals surface area (Å²) in [5.74, 6) is 0. The molecule has 0 fully saturated rings. The summed E-state index contributed by atoms with van der Waals surface area (Å²) in [6, 6.07) is 6.91. The van der Waals surface area contributed by atoms with Crippen molar-refractivity contribution in [2.75, 3.05) is 0 Å². The molecular formula is C15H13N2O2+. The maximum Gasteiger partial charge on any atom is 0.494 e. The Morgan fingerprint density at radius 3 is 2.79 bits per heavy atom. The van der Waals surface area contributed by atoms with E-state index < -0.39 is 12.1 Å². The molecule has 1 aromatic carbocycles. The zero-order chi connectivity index (χ0) is 13.4. The van der Waals surface area contributed by atoms with Crippen molar-refractivity contribution in [3.8, 4) is 0 Å². The fourth-order valence-electron chi connectivity index (χ4n) is 2.37. The smallest absolute Gasteiger partial charge is 0.384 e. The lowest BCUT2D eigenvalue weighted by atomic mass is 10.0. The van der Waals surface area contributed by atoms with Gasteiger partial charge in [-0.25, -0.2) is 0 Å². The third kappa shape index (κ3) is 1.82. The molecule has 2 aliphatic rings. The monoisotopic (exact) mass is 253 g/mol. The van der Waals surface area contributed by atoms with Gasteiger partial charge in [0.05, 0.1) is 0 Å². The SMILES string of the molecule is NC(=O)[N+]1=c2ccccc2=CC=C2C1=CC=CC2O. The summed E-state index contributed by atoms with van der Waals surface area (Å²) in [5.41, 5.74) is 6.78. The minimum absolute atomic E-state index is 0.567. The summed E-state index contributed by atoms with van der Waals surface area (Å²) in [4.78, 5) is 11.8. The van der Waals surface area contributed by atoms with Crippen LogP contribution in [0.25, 0.3) is 6.08 Å². The first-order valence-corrected chi connectivity index (χ1v) is 5.99. The summed E-state index contributed by atoms with van der Waals surface area (Å²) in [6.45, 7) is 0. The van der Waals surface area contributed by atoms with E-state index >= 15 is 0 Å². The molecule has 1 heterocycles. The van der Waals surface area contributed by atoms with E-state index in [0.29, 0.717) is 11.3 Å². The molecule has 0 radical (unpaired) electrons. The second-order valence-electron chi connectivity index (χ2n) is 4.40. The number of primary amides is 1. The molecule has 0 spiro atoms. The van der Waals surface area contributed by atoms with Gasteiger partial charge in [0.2, 0.25) is 0 Å². The second-order valence-corrected chi connectivity index (χ2v) is 4.40. The minimum Gasteiger partial charge on any atom is -0.384 e. The quantitative estimate of drug-likeness (QED) is 0.628. The van der Waals surface area contributed by atoms with E-state index in [0.717, 1.165) is 10.6 Å². The summed E-state index contributed by atoms with van der Waals surface area (Å²) < 4.78 is 1.43. The Bertz CT molecular complexity index is 770. The van der Waals surface area contributed by atoms with Crippen molar-refractivity contribution in [3.05, 3.63) is 70.4 Å². The van der Waals surface area contributed by atoms with Crippen LogP contribution in [-0.2, 0) is 0 Å². The number of nitrogens with zero attached hydrogens (tertiary/aromatic N) is 1. The number of carbonyl (C=O) groups excluding carboxylic acids is 1. The Morgan fingerprint density at radius 2 is 2.00 bits per heavy atom. The highest BCUT2D eigenvalue weighted by Gasteiger charge is 2.27. The van der Waals surface area contributed by atoms with Crippen molar-refractivity contribution < 1.29 is 9.90 Å². The highest BCUT2D eigenvalue weighted by Crippen LogP contribution is 2.20. The van der Waals surface area contributed by atoms with Crippen LogP contribution < -0.4 is 20.9 Å². The first-order chi connectivity index (χ1) is 9.18. The van der Waals surface area contributed by atoms with Gasteiger partial charge in [0, 0.05) is 10.8 Å². The van der Waals surface area contributed by atoms with Gasteiger partial charge in [-0.2, -0.15) is 9.37 Å². The first kappa shape index (κ1) is 11.6. The van der Waals surface area contributed by atoms with Gasteiger partial charge < -0.3 is 5.11 Å². The van der Waals surface area contributed by atoms with E-state index in [1.165, 1.54) is 4.58 Å². The summed E-state index contributed by atoms with van der Waals surface area (Å²) in [5, 5.41) is 11.6. The van der Waals surface area contributed by atoms with Gasteiger partial charge in [0.25, 0.3) is 0 Å². The molecule has 0 saturated heterocycles. The lowest BCUT2D eigenvalue weighted by Gasteiger charge is -2.16. The van der Waals surface area contributed by atoms with Crippen LogP contribution in [0.1, 0.15) is 0 Å². The van der Waals surface area contributed by atoms with Crippen molar-refractivity contribution in [2.24, 2.45) is 5.73 Å². The number of nitrogens with two attached hydrogens (primary N) is 1. The van der Waals surface area contributed by atoms with Crippen molar-refractivity contribution in [3.63, 3.8) is 0 Å². The number of fused-ring (bicyclic) bond motifs is 2. The van der Waals surface area contributed by atoms with E-state index in [9.17, 15) is 9.90 Å². The maximum absolute atomic E-state index is 11.8. The molecule has 94 valence electrons. The van der Waals surface area contributed by atoms with Crippen molar-refractivity contribution in [1.82, 2.24) is 4.58 Å². The molecule has 1 aliphatic heterocycles. The number of hydrogen-bond acceptors (Lipinski definition) is 2. The zero-order valence-corrected chi connectivity index (χ0v) is 10.2. The highest BCUT2D eigenvalue weighted by atomic mass is 16.3. The predicted octanol–water partition coefficient (Wildman–Crippen LogP) is -0.209. The molecule has 1 aromatic rings. The van der Waals surface area contributed by atoms with Crippen molar-refractivity contribution >= 4 is 12.1 Å². The topological polar surface area (TPSA) is 66.3 Å². The van der Waals surface area contributed by atoms with Gasteiger partial charge in [0.1, 0.15) is 17.2 Å². The summed E-state index contributed by atoms with van der Waals surface area (Å²) in [6.07, 6.45) is 8.14. The third-order valence-corrected chi connectivity index (χ3v) is 3.24. The molecule has 0 aromatic heterocycles. The molecule has 4 heteroatoms. The second kappa shape index (κ2) is 4.33. The number of rotatable bonds is 0. The summed E-state index contributed by atoms with van der Waals surface area (Å²) >= 11 is 0. The molecular weight excluding hydrogens is 240 g/mol. The average Bonchev–Trinajstić information content (AvgIpc) is 2.56. The molecule has 3 rings (SSSR count). The fraction of sp³-hybridized carbons (Fsp3) is 0.0667. The molecule has 0 saturated carbocycles. The lowest BCUT2D eigenvalue weighted by Crippen LogP contribution is -2.45. The molecule has 19 heavy (non-hydrogen) atoms. The number of para-hydroxylation sites is 1. The van der Waals surface area contributed by atoms with E-state index in [4.69, 9.17) is 5.73 Å². The van der Waals surface area contributed by atoms with Crippen molar-refractivity contribution in [2.45, 2.75) is 6.10 Å². The van der Waals surface area contributed by atoms with Crippen LogP contribution in [0.3, 0.4) is 0 Å². The summed E-state index contributed by atoms with van der Waals surface area (Å²) in [7, 11) is 0. The van der Waals surface area contributed by atoms with Gasteiger partial charge in [-0.15, -0.1) is 0 Å². The Hall–Kier alpha value is -2.46. The first-order valence-electron chi connectivity index (χ1n) is 5.99. The Morgan fingerprint density at radius 1 is 1.21 bits per heavy atom. The van der Waals surface area contributed by atoms with Gasteiger partial charge in [-0.3, -0.25) is 5.73 Å². The van der Waals surface area contributed by atoms with Crippen LogP contribution in [0.2, 0.25) is 0 Å². The largest absolute Gasteiger partial charge is 0.494 e.